The average Bonchev–Trinajstić information content (AvgIpc) is 2.73. The SMILES string of the molecule is CN[C@]12C(=O)C3=C(O)c4c(O)cccc4[C@H](C)[C@H]3[C@H](O)[C@H]1[C@H](N(C)C)C(=O)C(C(N)=O)=C2O. The summed E-state index contributed by atoms with van der Waals surface area (Å²) in [5.74, 6) is -7.12. The smallest absolute Gasteiger partial charge is 0.255 e. The van der Waals surface area contributed by atoms with E-state index >= 15 is 0 Å². The molecule has 0 unspecified atom stereocenters. The van der Waals surface area contributed by atoms with Crippen LogP contribution >= 0.6 is 0 Å². The molecule has 33 heavy (non-hydrogen) atoms. The number of aliphatic hydroxyl groups is 3. The Kier molecular flexibility index (Phi) is 5.15. The number of Topliss-reactive ketones (excluding diaryl/α,β-unsaturated/α-hetero) is 2. The van der Waals surface area contributed by atoms with E-state index in [1.807, 2.05) is 0 Å². The zero-order valence-corrected chi connectivity index (χ0v) is 18.7. The van der Waals surface area contributed by atoms with Gasteiger partial charge in [-0.15, -0.1) is 0 Å². The number of fused-ring (bicyclic) bond motifs is 3. The molecule has 7 N–H and O–H groups in total. The predicted octanol–water partition coefficient (Wildman–Crippen LogP) is -0.277. The van der Waals surface area contributed by atoms with Crippen molar-refractivity contribution >= 4 is 23.2 Å². The molecule has 1 aromatic carbocycles. The summed E-state index contributed by atoms with van der Waals surface area (Å²) in [6.45, 7) is 1.75. The van der Waals surface area contributed by atoms with Crippen LogP contribution in [0.3, 0.4) is 0 Å². The molecule has 0 bridgehead atoms. The van der Waals surface area contributed by atoms with Gasteiger partial charge < -0.3 is 31.5 Å². The van der Waals surface area contributed by atoms with Crippen LogP contribution in [0.15, 0.2) is 35.1 Å². The quantitative estimate of drug-likeness (QED) is 0.334. The summed E-state index contributed by atoms with van der Waals surface area (Å²) in [4.78, 5) is 40.9. The number of nitrogens with one attached hydrogen (secondary N) is 1. The van der Waals surface area contributed by atoms with Crippen LogP contribution in [0.5, 0.6) is 5.75 Å². The molecule has 6 atom stereocenters. The predicted molar refractivity (Wildman–Crippen MR) is 117 cm³/mol. The Morgan fingerprint density at radius 2 is 1.82 bits per heavy atom. The number of phenolic OH excluding ortho intramolecular Hbond substituents is 1. The highest BCUT2D eigenvalue weighted by atomic mass is 16.3. The number of primary amides is 1. The zero-order chi connectivity index (χ0) is 24.6. The number of carbonyl (C=O) groups is 3. The topological polar surface area (TPSA) is 173 Å². The molecule has 1 saturated carbocycles. The number of nitrogens with two attached hydrogens (primary N) is 1. The molecule has 176 valence electrons. The van der Waals surface area contributed by atoms with Crippen molar-refractivity contribution in [3.05, 3.63) is 46.2 Å². The highest BCUT2D eigenvalue weighted by Gasteiger charge is 2.68. The van der Waals surface area contributed by atoms with Crippen LogP contribution in [-0.2, 0) is 14.4 Å². The van der Waals surface area contributed by atoms with Crippen molar-refractivity contribution in [2.45, 2.75) is 30.5 Å². The molecule has 0 radical (unpaired) electrons. The van der Waals surface area contributed by atoms with Gasteiger partial charge in [-0.05, 0) is 38.7 Å². The van der Waals surface area contributed by atoms with Crippen molar-refractivity contribution in [2.75, 3.05) is 21.1 Å². The molecule has 0 aromatic heterocycles. The maximum absolute atomic E-state index is 14.1. The number of nitrogens with zero attached hydrogens (tertiary/aromatic N) is 1. The third-order valence-corrected chi connectivity index (χ3v) is 7.43. The van der Waals surface area contributed by atoms with Gasteiger partial charge in [-0.25, -0.2) is 0 Å². The van der Waals surface area contributed by atoms with Crippen LogP contribution in [0.4, 0.5) is 0 Å². The highest BCUT2D eigenvalue weighted by molar-refractivity contribution is 6.25. The van der Waals surface area contributed by atoms with E-state index in [0.29, 0.717) is 5.56 Å². The molecule has 1 amide bonds. The van der Waals surface area contributed by atoms with Gasteiger partial charge in [0.1, 0.15) is 28.4 Å². The summed E-state index contributed by atoms with van der Waals surface area (Å²) in [7, 11) is 4.47. The molecular formula is C23H27N3O7. The molecule has 3 aliphatic carbocycles. The number of ketones is 2. The van der Waals surface area contributed by atoms with Gasteiger partial charge in [-0.2, -0.15) is 0 Å². The molecular weight excluding hydrogens is 430 g/mol. The molecule has 0 saturated heterocycles. The Balaban J connectivity index is 2.10. The number of hydrogen-bond acceptors (Lipinski definition) is 9. The van der Waals surface area contributed by atoms with E-state index in [4.69, 9.17) is 5.73 Å². The Labute approximate surface area is 190 Å². The van der Waals surface area contributed by atoms with E-state index in [1.54, 1.807) is 33.2 Å². The van der Waals surface area contributed by atoms with E-state index in [-0.39, 0.29) is 16.9 Å². The van der Waals surface area contributed by atoms with Crippen LogP contribution in [0, 0.1) is 11.8 Å². The number of hydrogen-bond donors (Lipinski definition) is 6. The maximum atomic E-state index is 14.1. The largest absolute Gasteiger partial charge is 0.509 e. The number of amides is 1. The number of aliphatic hydroxyl groups excluding tert-OH is 3. The van der Waals surface area contributed by atoms with E-state index in [2.05, 4.69) is 5.32 Å². The Morgan fingerprint density at radius 1 is 1.18 bits per heavy atom. The number of phenols is 1. The van der Waals surface area contributed by atoms with Gasteiger partial charge >= 0.3 is 0 Å². The number of benzene rings is 1. The van der Waals surface area contributed by atoms with E-state index in [9.17, 15) is 34.8 Å². The van der Waals surface area contributed by atoms with E-state index in [1.165, 1.54) is 18.0 Å². The highest BCUT2D eigenvalue weighted by Crippen LogP contribution is 2.55. The average molecular weight is 457 g/mol. The zero-order valence-electron chi connectivity index (χ0n) is 18.7. The Morgan fingerprint density at radius 3 is 2.36 bits per heavy atom. The van der Waals surface area contributed by atoms with Gasteiger partial charge in [-0.3, -0.25) is 19.3 Å². The fraction of sp³-hybridized carbons (Fsp3) is 0.435. The lowest BCUT2D eigenvalue weighted by atomic mass is 9.53. The fourth-order valence-corrected chi connectivity index (χ4v) is 6.01. The molecule has 3 aliphatic rings. The Bertz CT molecular complexity index is 1150. The first-order valence-electron chi connectivity index (χ1n) is 10.5. The normalized spacial score (nSPS) is 33.7. The second-order valence-electron chi connectivity index (χ2n) is 9.08. The third-order valence-electron chi connectivity index (χ3n) is 7.43. The molecule has 4 rings (SSSR count). The molecule has 0 spiro atoms. The third kappa shape index (κ3) is 2.68. The van der Waals surface area contributed by atoms with Gasteiger partial charge in [0.15, 0.2) is 11.6 Å². The molecule has 10 nitrogen and oxygen atoms in total. The van der Waals surface area contributed by atoms with Crippen molar-refractivity contribution in [2.24, 2.45) is 17.6 Å². The first-order chi connectivity index (χ1) is 15.4. The van der Waals surface area contributed by atoms with Crippen molar-refractivity contribution < 1.29 is 34.8 Å². The van der Waals surface area contributed by atoms with Crippen LogP contribution in [-0.4, -0.2) is 81.6 Å². The van der Waals surface area contributed by atoms with Crippen LogP contribution < -0.4 is 11.1 Å². The minimum absolute atomic E-state index is 0.0659. The Hall–Kier alpha value is -3.21. The fourth-order valence-electron chi connectivity index (χ4n) is 6.01. The van der Waals surface area contributed by atoms with Crippen molar-refractivity contribution in [1.82, 2.24) is 10.2 Å². The number of carbonyl (C=O) groups excluding carboxylic acids is 3. The number of rotatable bonds is 3. The number of aromatic hydroxyl groups is 1. The van der Waals surface area contributed by atoms with Crippen molar-refractivity contribution in [1.29, 1.82) is 0 Å². The lowest BCUT2D eigenvalue weighted by Crippen LogP contribution is -2.74. The first-order valence-corrected chi connectivity index (χ1v) is 10.5. The van der Waals surface area contributed by atoms with Gasteiger partial charge in [0.25, 0.3) is 5.91 Å². The molecule has 1 fully saturated rings. The summed E-state index contributed by atoms with van der Waals surface area (Å²) >= 11 is 0. The first kappa shape index (κ1) is 23.0. The summed E-state index contributed by atoms with van der Waals surface area (Å²) in [6.07, 6.45) is -1.40. The molecule has 10 heteroatoms. The van der Waals surface area contributed by atoms with Crippen molar-refractivity contribution in [3.63, 3.8) is 0 Å². The minimum Gasteiger partial charge on any atom is -0.509 e. The summed E-state index contributed by atoms with van der Waals surface area (Å²) in [6, 6.07) is 3.48. The van der Waals surface area contributed by atoms with Crippen LogP contribution in [0.25, 0.3) is 5.76 Å². The number of likely N-dealkylation sites (N-methyl/N-ethyl adjacent to an activating group) is 2. The second-order valence-corrected chi connectivity index (χ2v) is 9.08. The summed E-state index contributed by atoms with van der Waals surface area (Å²) in [5, 5.41) is 47.0. The molecule has 0 heterocycles. The van der Waals surface area contributed by atoms with E-state index < -0.39 is 70.0 Å². The molecule has 0 aliphatic heterocycles. The monoisotopic (exact) mass is 457 g/mol. The maximum Gasteiger partial charge on any atom is 0.255 e. The van der Waals surface area contributed by atoms with Gasteiger partial charge in [0.2, 0.25) is 0 Å². The van der Waals surface area contributed by atoms with Gasteiger partial charge in [0, 0.05) is 17.4 Å². The second kappa shape index (κ2) is 7.41. The van der Waals surface area contributed by atoms with Crippen LogP contribution in [0.2, 0.25) is 0 Å². The minimum atomic E-state index is -2.10. The lowest BCUT2D eigenvalue weighted by molar-refractivity contribution is -0.145. The standard InChI is InChI=1S/C23H27N3O7/c1-8-9-6-5-7-10(27)12(9)17(28)13-11(8)18(29)15-16(26(3)4)19(30)14(22(24)33)21(32)23(15,25-2)20(13)31/h5-8,11,15-16,18,25,27-29,32H,1-4H3,(H2,24,33)/t8-,11+,15+,16-,18-,23-/m0/s1. The van der Waals surface area contributed by atoms with Gasteiger partial charge in [0.05, 0.1) is 17.7 Å². The van der Waals surface area contributed by atoms with E-state index in [0.717, 1.165) is 0 Å². The summed E-state index contributed by atoms with van der Waals surface area (Å²) < 4.78 is 0. The molecule has 1 aromatic rings. The van der Waals surface area contributed by atoms with Crippen molar-refractivity contribution in [3.8, 4) is 5.75 Å². The van der Waals surface area contributed by atoms with Gasteiger partial charge in [-0.1, -0.05) is 19.1 Å². The van der Waals surface area contributed by atoms with Crippen LogP contribution in [0.1, 0.15) is 24.0 Å². The lowest BCUT2D eigenvalue weighted by Gasteiger charge is -2.55. The summed E-state index contributed by atoms with van der Waals surface area (Å²) in [5.41, 5.74) is 2.97.